The minimum absolute atomic E-state index is 0.147. The van der Waals surface area contributed by atoms with Crippen LogP contribution in [0.4, 0.5) is 0 Å². The maximum absolute atomic E-state index is 7.98. The van der Waals surface area contributed by atoms with E-state index in [1.807, 2.05) is 6.07 Å². The van der Waals surface area contributed by atoms with Gasteiger partial charge < -0.3 is 5.73 Å². The second kappa shape index (κ2) is 3.91. The van der Waals surface area contributed by atoms with Crippen molar-refractivity contribution in [2.75, 3.05) is 5.88 Å². The quantitative estimate of drug-likeness (QED) is 0.536. The summed E-state index contributed by atoms with van der Waals surface area (Å²) in [6.45, 7) is 0. The summed E-state index contributed by atoms with van der Waals surface area (Å²) < 4.78 is 0. The Morgan fingerprint density at radius 1 is 1.86 bits per heavy atom. The molecule has 0 aliphatic heterocycles. The van der Waals surface area contributed by atoms with Crippen LogP contribution in [0.15, 0.2) is 0 Å². The highest BCUT2D eigenvalue weighted by atomic mass is 35.5. The van der Waals surface area contributed by atoms with Crippen molar-refractivity contribution in [3.63, 3.8) is 0 Å². The van der Waals surface area contributed by atoms with E-state index in [9.17, 15) is 0 Å². The average molecular weight is 119 g/mol. The van der Waals surface area contributed by atoms with Crippen LogP contribution >= 0.6 is 11.6 Å². The van der Waals surface area contributed by atoms with E-state index in [0.29, 0.717) is 12.3 Å². The molecule has 0 radical (unpaired) electrons. The summed E-state index contributed by atoms with van der Waals surface area (Å²) in [5.41, 5.74) is 5.23. The molecule has 0 aliphatic rings. The first-order valence-electron chi connectivity index (χ1n) is 1.99. The molecule has 0 aliphatic carbocycles. The van der Waals surface area contributed by atoms with Crippen molar-refractivity contribution in [1.82, 2.24) is 0 Å². The molecule has 2 nitrogen and oxygen atoms in total. The van der Waals surface area contributed by atoms with Crippen LogP contribution in [0, 0.1) is 11.3 Å². The fourth-order valence-corrected chi connectivity index (χ4v) is 0.281. The molecule has 0 fully saturated rings. The zero-order chi connectivity index (χ0) is 5.70. The minimum Gasteiger partial charge on any atom is -0.326 e. The van der Waals surface area contributed by atoms with Crippen molar-refractivity contribution < 1.29 is 0 Å². The summed E-state index contributed by atoms with van der Waals surface area (Å²) in [6, 6.07) is 1.76. The summed E-state index contributed by atoms with van der Waals surface area (Å²) in [5, 5.41) is 7.98. The summed E-state index contributed by atoms with van der Waals surface area (Å²) in [5.74, 6) is 0.369. The van der Waals surface area contributed by atoms with Gasteiger partial charge in [-0.25, -0.2) is 0 Å². The lowest BCUT2D eigenvalue weighted by atomic mass is 10.3. The number of halogens is 1. The monoisotopic (exact) mass is 118 g/mol. The molecular weight excluding hydrogens is 112 g/mol. The first-order valence-corrected chi connectivity index (χ1v) is 2.53. The molecule has 0 amide bonds. The van der Waals surface area contributed by atoms with Crippen molar-refractivity contribution in [3.05, 3.63) is 0 Å². The highest BCUT2D eigenvalue weighted by Crippen LogP contribution is 1.86. The molecule has 0 heterocycles. The number of alkyl halides is 1. The van der Waals surface area contributed by atoms with Crippen LogP contribution in [0.3, 0.4) is 0 Å². The highest BCUT2D eigenvalue weighted by Gasteiger charge is 1.94. The second-order valence-corrected chi connectivity index (χ2v) is 1.59. The lowest BCUT2D eigenvalue weighted by Crippen LogP contribution is -2.20. The zero-order valence-corrected chi connectivity index (χ0v) is 4.65. The normalized spacial score (nSPS) is 12.7. The molecule has 40 valence electrons. The van der Waals surface area contributed by atoms with E-state index >= 15 is 0 Å². The van der Waals surface area contributed by atoms with Gasteiger partial charge in [0, 0.05) is 11.9 Å². The van der Waals surface area contributed by atoms with Gasteiger partial charge in [-0.3, -0.25) is 0 Å². The van der Waals surface area contributed by atoms with E-state index in [0.717, 1.165) is 0 Å². The maximum Gasteiger partial charge on any atom is 0.0638 e. The number of hydrogen-bond donors (Lipinski definition) is 1. The summed E-state index contributed by atoms with van der Waals surface area (Å²) in [4.78, 5) is 0. The molecule has 0 aromatic heterocycles. The zero-order valence-electron chi connectivity index (χ0n) is 3.89. The third-order valence-electron chi connectivity index (χ3n) is 0.552. The lowest BCUT2D eigenvalue weighted by molar-refractivity contribution is 0.772. The largest absolute Gasteiger partial charge is 0.326 e. The van der Waals surface area contributed by atoms with Gasteiger partial charge in [0.15, 0.2) is 0 Å². The van der Waals surface area contributed by atoms with Crippen molar-refractivity contribution in [2.24, 2.45) is 5.73 Å². The predicted octanol–water partition coefficient (Wildman–Crippen LogP) is 0.466. The summed E-state index contributed by atoms with van der Waals surface area (Å²) in [7, 11) is 0. The van der Waals surface area contributed by atoms with E-state index in [2.05, 4.69) is 0 Å². The van der Waals surface area contributed by atoms with Crippen LogP contribution in [0.25, 0.3) is 0 Å². The van der Waals surface area contributed by atoms with Gasteiger partial charge in [0.2, 0.25) is 0 Å². The predicted molar refractivity (Wildman–Crippen MR) is 28.9 cm³/mol. The van der Waals surface area contributed by atoms with Crippen molar-refractivity contribution in [1.29, 1.82) is 5.26 Å². The Balaban J connectivity index is 3.03. The fourth-order valence-electron chi connectivity index (χ4n) is 0.172. The first kappa shape index (κ1) is 6.74. The molecule has 0 aromatic rings. The number of hydrogen-bond acceptors (Lipinski definition) is 2. The van der Waals surface area contributed by atoms with E-state index < -0.39 is 0 Å². The first-order chi connectivity index (χ1) is 3.31. The van der Waals surface area contributed by atoms with Gasteiger partial charge in [-0.05, 0) is 0 Å². The number of rotatable bonds is 2. The third kappa shape index (κ3) is 3.57. The summed E-state index contributed by atoms with van der Waals surface area (Å²) in [6.07, 6.45) is 0.351. The Morgan fingerprint density at radius 3 is 2.57 bits per heavy atom. The third-order valence-corrected chi connectivity index (χ3v) is 0.948. The Morgan fingerprint density at radius 2 is 2.43 bits per heavy atom. The van der Waals surface area contributed by atoms with E-state index in [1.54, 1.807) is 0 Å². The second-order valence-electron chi connectivity index (χ2n) is 1.28. The molecule has 0 saturated carbocycles. The van der Waals surface area contributed by atoms with Gasteiger partial charge in [-0.15, -0.1) is 11.6 Å². The molecule has 0 rings (SSSR count). The molecule has 0 aromatic carbocycles. The van der Waals surface area contributed by atoms with E-state index in [-0.39, 0.29) is 6.04 Å². The Labute approximate surface area is 47.9 Å². The van der Waals surface area contributed by atoms with Crippen LogP contribution in [0.2, 0.25) is 0 Å². The van der Waals surface area contributed by atoms with Crippen LogP contribution in [-0.4, -0.2) is 11.9 Å². The van der Waals surface area contributed by atoms with Gasteiger partial charge in [-0.2, -0.15) is 5.26 Å². The number of nitriles is 1. The Bertz CT molecular complexity index is 76.2. The topological polar surface area (TPSA) is 49.8 Å². The molecular formula is C4H7ClN2. The van der Waals surface area contributed by atoms with Crippen LogP contribution < -0.4 is 5.73 Å². The van der Waals surface area contributed by atoms with Gasteiger partial charge >= 0.3 is 0 Å². The molecule has 3 heteroatoms. The van der Waals surface area contributed by atoms with E-state index in [4.69, 9.17) is 22.6 Å². The molecule has 0 saturated heterocycles. The molecule has 1 atom stereocenters. The minimum atomic E-state index is -0.147. The Hall–Kier alpha value is -0.260. The van der Waals surface area contributed by atoms with Crippen LogP contribution in [0.1, 0.15) is 6.42 Å². The smallest absolute Gasteiger partial charge is 0.0638 e. The SMILES string of the molecule is N#CCC(N)CCl. The highest BCUT2D eigenvalue weighted by molar-refractivity contribution is 6.18. The molecule has 0 spiro atoms. The molecule has 0 bridgehead atoms. The standard InChI is InChI=1S/C4H7ClN2/c5-3-4(7)1-2-6/h4H,1,3,7H2. The van der Waals surface area contributed by atoms with Gasteiger partial charge in [0.25, 0.3) is 0 Å². The van der Waals surface area contributed by atoms with Gasteiger partial charge in [0.05, 0.1) is 12.5 Å². The average Bonchev–Trinajstić information content (AvgIpc) is 1.68. The van der Waals surface area contributed by atoms with Crippen LogP contribution in [0.5, 0.6) is 0 Å². The van der Waals surface area contributed by atoms with E-state index in [1.165, 1.54) is 0 Å². The molecule has 2 N–H and O–H groups in total. The van der Waals surface area contributed by atoms with Gasteiger partial charge in [0.1, 0.15) is 0 Å². The Kier molecular flexibility index (Phi) is 3.77. The number of nitrogens with zero attached hydrogens (tertiary/aromatic N) is 1. The van der Waals surface area contributed by atoms with Crippen molar-refractivity contribution in [3.8, 4) is 6.07 Å². The molecule has 1 unspecified atom stereocenters. The van der Waals surface area contributed by atoms with Gasteiger partial charge in [-0.1, -0.05) is 0 Å². The molecule has 7 heavy (non-hydrogen) atoms. The van der Waals surface area contributed by atoms with Crippen LogP contribution in [-0.2, 0) is 0 Å². The summed E-state index contributed by atoms with van der Waals surface area (Å²) >= 11 is 5.25. The fraction of sp³-hybridized carbons (Fsp3) is 0.750. The number of nitrogens with two attached hydrogens (primary N) is 1. The maximum atomic E-state index is 7.98. The lowest BCUT2D eigenvalue weighted by Gasteiger charge is -1.96. The van der Waals surface area contributed by atoms with Crippen molar-refractivity contribution in [2.45, 2.75) is 12.5 Å². The van der Waals surface area contributed by atoms with Crippen molar-refractivity contribution >= 4 is 11.6 Å².